The molecule has 0 saturated heterocycles. The molecule has 1 aromatic heterocycles. The molecule has 0 aliphatic heterocycles. The topological polar surface area (TPSA) is 62.1 Å². The number of carbonyl (C=O) groups is 2. The quantitative estimate of drug-likeness (QED) is 0.565. The molecule has 1 heterocycles. The zero-order chi connectivity index (χ0) is 19.1. The molecule has 2 amide bonds. The Kier molecular flexibility index (Phi) is 7.99. The van der Waals surface area contributed by atoms with E-state index in [2.05, 4.69) is 10.6 Å². The van der Waals surface area contributed by atoms with Crippen LogP contribution < -0.4 is 27.6 Å². The van der Waals surface area contributed by atoms with E-state index < -0.39 is 0 Å². The zero-order valence-corrected chi connectivity index (χ0v) is 16.5. The smallest absolute Gasteiger partial charge is 0.286 e. The zero-order valence-electron chi connectivity index (χ0n) is 14.9. The lowest BCUT2D eigenvalue weighted by Crippen LogP contribution is -3.00. The SMILES string of the molecule is O=C(C[n+]1cccc(C(=O)Nc2ccc(Cl)cc2)c1)NCc1ccccc1.[Cl-]. The lowest BCUT2D eigenvalue weighted by atomic mass is 10.2. The minimum atomic E-state index is -0.253. The standard InChI is InChI=1S/C21H18ClN3O2.ClH/c22-18-8-10-19(11-9-18)24-21(27)17-7-4-12-25(14-17)15-20(26)23-13-16-5-2-1-3-6-16;/h1-12,14H,13,15H2,(H-,23,24,26,27);1H. The number of pyridine rings is 1. The summed E-state index contributed by atoms with van der Waals surface area (Å²) < 4.78 is 1.68. The summed E-state index contributed by atoms with van der Waals surface area (Å²) in [4.78, 5) is 24.5. The number of rotatable bonds is 6. The Morgan fingerprint density at radius 3 is 2.36 bits per heavy atom. The number of aromatic nitrogens is 1. The first-order chi connectivity index (χ1) is 13.1. The Hall–Kier alpha value is -2.89. The summed E-state index contributed by atoms with van der Waals surface area (Å²) in [6.45, 7) is 0.603. The van der Waals surface area contributed by atoms with Gasteiger partial charge in [0.25, 0.3) is 11.8 Å². The molecule has 144 valence electrons. The highest BCUT2D eigenvalue weighted by atomic mass is 35.5. The lowest BCUT2D eigenvalue weighted by Gasteiger charge is -2.05. The average molecular weight is 416 g/mol. The molecule has 0 spiro atoms. The maximum absolute atomic E-state index is 12.4. The molecule has 0 fully saturated rings. The Morgan fingerprint density at radius 2 is 1.64 bits per heavy atom. The van der Waals surface area contributed by atoms with Crippen molar-refractivity contribution < 1.29 is 26.6 Å². The van der Waals surface area contributed by atoms with Crippen LogP contribution in [0.25, 0.3) is 0 Å². The maximum Gasteiger partial charge on any atom is 0.286 e. The predicted molar refractivity (Wildman–Crippen MR) is 104 cm³/mol. The van der Waals surface area contributed by atoms with Crippen molar-refractivity contribution in [2.75, 3.05) is 5.32 Å². The van der Waals surface area contributed by atoms with Crippen molar-refractivity contribution in [2.45, 2.75) is 13.1 Å². The van der Waals surface area contributed by atoms with Crippen molar-refractivity contribution in [1.29, 1.82) is 0 Å². The highest BCUT2D eigenvalue weighted by molar-refractivity contribution is 6.30. The Bertz CT molecular complexity index is 932. The molecule has 0 bridgehead atoms. The number of nitrogens with zero attached hydrogens (tertiary/aromatic N) is 1. The number of halogens is 2. The summed E-state index contributed by atoms with van der Waals surface area (Å²) in [5, 5.41) is 6.27. The molecule has 28 heavy (non-hydrogen) atoms. The molecule has 5 nitrogen and oxygen atoms in total. The molecule has 0 aliphatic rings. The molecule has 3 rings (SSSR count). The van der Waals surface area contributed by atoms with Crippen LogP contribution in [-0.2, 0) is 17.9 Å². The average Bonchev–Trinajstić information content (AvgIpc) is 2.69. The van der Waals surface area contributed by atoms with E-state index in [0.29, 0.717) is 22.8 Å². The van der Waals surface area contributed by atoms with Crippen LogP contribution in [0, 0.1) is 0 Å². The number of anilines is 1. The van der Waals surface area contributed by atoms with Gasteiger partial charge in [-0.3, -0.25) is 9.59 Å². The molecular weight excluding hydrogens is 397 g/mol. The van der Waals surface area contributed by atoms with Gasteiger partial charge in [0.1, 0.15) is 5.56 Å². The number of benzene rings is 2. The Labute approximate surface area is 174 Å². The van der Waals surface area contributed by atoms with Crippen molar-refractivity contribution in [3.05, 3.63) is 95.3 Å². The van der Waals surface area contributed by atoms with Crippen molar-refractivity contribution in [1.82, 2.24) is 5.32 Å². The van der Waals surface area contributed by atoms with Crippen molar-refractivity contribution in [2.24, 2.45) is 0 Å². The van der Waals surface area contributed by atoms with Crippen LogP contribution in [-0.4, -0.2) is 11.8 Å². The van der Waals surface area contributed by atoms with Gasteiger partial charge >= 0.3 is 0 Å². The molecule has 0 atom stereocenters. The van der Waals surface area contributed by atoms with Crippen LogP contribution in [0.1, 0.15) is 15.9 Å². The summed E-state index contributed by atoms with van der Waals surface area (Å²) in [7, 11) is 0. The number of nitrogens with one attached hydrogen (secondary N) is 2. The normalized spacial score (nSPS) is 9.89. The van der Waals surface area contributed by atoms with Crippen LogP contribution in [0.3, 0.4) is 0 Å². The van der Waals surface area contributed by atoms with Gasteiger partial charge in [-0.2, -0.15) is 4.57 Å². The van der Waals surface area contributed by atoms with Gasteiger partial charge in [0.15, 0.2) is 12.4 Å². The summed E-state index contributed by atoms with van der Waals surface area (Å²) in [6, 6.07) is 20.0. The van der Waals surface area contributed by atoms with Gasteiger partial charge in [-0.05, 0) is 35.9 Å². The fourth-order valence-corrected chi connectivity index (χ4v) is 2.64. The van der Waals surface area contributed by atoms with Gasteiger partial charge in [-0.1, -0.05) is 41.9 Å². The molecule has 0 unspecified atom stereocenters. The second kappa shape index (κ2) is 10.4. The highest BCUT2D eigenvalue weighted by Crippen LogP contribution is 2.14. The van der Waals surface area contributed by atoms with E-state index >= 15 is 0 Å². The molecule has 0 saturated carbocycles. The third-order valence-corrected chi connectivity index (χ3v) is 4.13. The van der Waals surface area contributed by atoms with Crippen molar-refractivity contribution >= 4 is 29.1 Å². The lowest BCUT2D eigenvalue weighted by molar-refractivity contribution is -0.684. The molecule has 0 aliphatic carbocycles. The third kappa shape index (κ3) is 6.37. The third-order valence-electron chi connectivity index (χ3n) is 3.88. The largest absolute Gasteiger partial charge is 1.00 e. The van der Waals surface area contributed by atoms with E-state index in [4.69, 9.17) is 11.6 Å². The fourth-order valence-electron chi connectivity index (χ4n) is 2.51. The Morgan fingerprint density at radius 1 is 0.929 bits per heavy atom. The van der Waals surface area contributed by atoms with Gasteiger partial charge in [-0.15, -0.1) is 0 Å². The highest BCUT2D eigenvalue weighted by Gasteiger charge is 2.14. The number of amides is 2. The van der Waals surface area contributed by atoms with Crippen molar-refractivity contribution in [3.8, 4) is 0 Å². The minimum Gasteiger partial charge on any atom is -1.00 e. The first-order valence-corrected chi connectivity index (χ1v) is 8.84. The molecule has 3 aromatic rings. The van der Waals surface area contributed by atoms with Gasteiger partial charge in [0, 0.05) is 23.3 Å². The fraction of sp³-hybridized carbons (Fsp3) is 0.0952. The monoisotopic (exact) mass is 415 g/mol. The number of hydrogen-bond donors (Lipinski definition) is 2. The number of carbonyl (C=O) groups excluding carboxylic acids is 2. The van der Waals surface area contributed by atoms with Crippen LogP contribution in [0.5, 0.6) is 0 Å². The van der Waals surface area contributed by atoms with E-state index in [-0.39, 0.29) is 30.8 Å². The van der Waals surface area contributed by atoms with Gasteiger partial charge in [0.2, 0.25) is 6.54 Å². The molecule has 0 radical (unpaired) electrons. The van der Waals surface area contributed by atoms with E-state index in [1.54, 1.807) is 53.4 Å². The van der Waals surface area contributed by atoms with Crippen molar-refractivity contribution in [3.63, 3.8) is 0 Å². The van der Waals surface area contributed by atoms with E-state index in [1.165, 1.54) is 0 Å². The minimum absolute atomic E-state index is 0. The summed E-state index contributed by atoms with van der Waals surface area (Å²) in [5.41, 5.74) is 2.15. The van der Waals surface area contributed by atoms with E-state index in [0.717, 1.165) is 5.56 Å². The van der Waals surface area contributed by atoms with E-state index in [1.807, 2.05) is 30.3 Å². The first-order valence-electron chi connectivity index (χ1n) is 8.47. The first kappa shape index (κ1) is 21.4. The van der Waals surface area contributed by atoms with Crippen LogP contribution >= 0.6 is 11.6 Å². The van der Waals surface area contributed by atoms with E-state index in [9.17, 15) is 9.59 Å². The maximum atomic E-state index is 12.4. The summed E-state index contributed by atoms with van der Waals surface area (Å²) in [6.07, 6.45) is 3.40. The van der Waals surface area contributed by atoms with Crippen LogP contribution in [0.4, 0.5) is 5.69 Å². The second-order valence-electron chi connectivity index (χ2n) is 5.99. The molecule has 2 aromatic carbocycles. The van der Waals surface area contributed by atoms with Crippen LogP contribution in [0.2, 0.25) is 5.02 Å². The molecule has 7 heteroatoms. The Balaban J connectivity index is 0.00000280. The number of hydrogen-bond acceptors (Lipinski definition) is 2. The van der Waals surface area contributed by atoms with Gasteiger partial charge in [-0.25, -0.2) is 0 Å². The van der Waals surface area contributed by atoms with Gasteiger partial charge in [0.05, 0.1) is 0 Å². The summed E-state index contributed by atoms with van der Waals surface area (Å²) in [5.74, 6) is -0.379. The second-order valence-corrected chi connectivity index (χ2v) is 6.42. The van der Waals surface area contributed by atoms with Gasteiger partial charge < -0.3 is 23.0 Å². The molecule has 2 N–H and O–H groups in total. The predicted octanol–water partition coefficient (Wildman–Crippen LogP) is 0.200. The molecular formula is C21H19Cl2N3O2. The summed E-state index contributed by atoms with van der Waals surface area (Å²) >= 11 is 5.85. The van der Waals surface area contributed by atoms with Crippen LogP contribution in [0.15, 0.2) is 79.1 Å².